The van der Waals surface area contributed by atoms with Crippen molar-refractivity contribution in [1.29, 1.82) is 5.26 Å². The number of piperazine rings is 1. The van der Waals surface area contributed by atoms with Gasteiger partial charge in [-0.1, -0.05) is 12.1 Å². The monoisotopic (exact) mass is 247 g/mol. The summed E-state index contributed by atoms with van der Waals surface area (Å²) in [6.45, 7) is 5.52. The van der Waals surface area contributed by atoms with Gasteiger partial charge in [0.2, 0.25) is 0 Å². The van der Waals surface area contributed by atoms with Gasteiger partial charge < -0.3 is 5.32 Å². The molecular weight excluding hydrogens is 229 g/mol. The molecule has 0 aliphatic carbocycles. The van der Waals surface area contributed by atoms with E-state index in [0.29, 0.717) is 12.0 Å². The molecule has 0 unspecified atom stereocenters. The molecule has 1 heterocycles. The minimum absolute atomic E-state index is 0.0800. The molecule has 0 radical (unpaired) electrons. The van der Waals surface area contributed by atoms with E-state index in [4.69, 9.17) is 5.26 Å². The molecule has 0 bridgehead atoms. The van der Waals surface area contributed by atoms with Gasteiger partial charge in [0.1, 0.15) is 5.82 Å². The van der Waals surface area contributed by atoms with Crippen LogP contribution < -0.4 is 5.32 Å². The van der Waals surface area contributed by atoms with Crippen molar-refractivity contribution < 1.29 is 4.39 Å². The number of benzene rings is 1. The Morgan fingerprint density at radius 2 is 2.17 bits per heavy atom. The Hall–Kier alpha value is -1.44. The molecule has 1 fully saturated rings. The van der Waals surface area contributed by atoms with Gasteiger partial charge in [0.05, 0.1) is 12.5 Å². The molecule has 1 N–H and O–H groups in total. The van der Waals surface area contributed by atoms with E-state index >= 15 is 0 Å². The summed E-state index contributed by atoms with van der Waals surface area (Å²) in [6, 6.07) is 7.48. The second kappa shape index (κ2) is 5.94. The minimum atomic E-state index is -0.185. The first kappa shape index (κ1) is 13.0. The average Bonchev–Trinajstić information content (AvgIpc) is 2.40. The first-order chi connectivity index (χ1) is 8.72. The number of rotatable bonds is 3. The maximum Gasteiger partial charge on any atom is 0.126 e. The number of nitriles is 1. The van der Waals surface area contributed by atoms with Crippen LogP contribution in [0, 0.1) is 24.1 Å². The molecule has 3 nitrogen and oxygen atoms in total. The zero-order valence-electron chi connectivity index (χ0n) is 10.6. The molecule has 0 aromatic heterocycles. The molecule has 4 heteroatoms. The van der Waals surface area contributed by atoms with Gasteiger partial charge in [0.15, 0.2) is 0 Å². The van der Waals surface area contributed by atoms with Crippen molar-refractivity contribution in [1.82, 2.24) is 10.2 Å². The lowest BCUT2D eigenvalue weighted by molar-refractivity contribution is 0.175. The standard InChI is InChI=1S/C14H18FN3/c1-11-10-12(2-3-13(11)15)14(4-5-16)18-8-6-17-7-9-18/h2-3,10,14,17H,4,6-9H2,1H3/t14-/m0/s1. The van der Waals surface area contributed by atoms with Gasteiger partial charge in [-0.15, -0.1) is 0 Å². The fraction of sp³-hybridized carbons (Fsp3) is 0.500. The fourth-order valence-corrected chi connectivity index (χ4v) is 2.41. The van der Waals surface area contributed by atoms with Gasteiger partial charge in [0.25, 0.3) is 0 Å². The summed E-state index contributed by atoms with van der Waals surface area (Å²) in [5.74, 6) is -0.185. The summed E-state index contributed by atoms with van der Waals surface area (Å²) in [4.78, 5) is 2.30. The highest BCUT2D eigenvalue weighted by Crippen LogP contribution is 2.25. The van der Waals surface area contributed by atoms with Crippen LogP contribution in [0.15, 0.2) is 18.2 Å². The van der Waals surface area contributed by atoms with Gasteiger partial charge in [-0.05, 0) is 24.1 Å². The Labute approximate surface area is 107 Å². The smallest absolute Gasteiger partial charge is 0.126 e. The van der Waals surface area contributed by atoms with Crippen molar-refractivity contribution in [2.45, 2.75) is 19.4 Å². The van der Waals surface area contributed by atoms with Crippen molar-refractivity contribution >= 4 is 0 Å². The highest BCUT2D eigenvalue weighted by atomic mass is 19.1. The Kier molecular flexibility index (Phi) is 4.29. The largest absolute Gasteiger partial charge is 0.314 e. The highest BCUT2D eigenvalue weighted by Gasteiger charge is 2.22. The summed E-state index contributed by atoms with van der Waals surface area (Å²) in [6.07, 6.45) is 0.449. The first-order valence-corrected chi connectivity index (χ1v) is 6.30. The van der Waals surface area contributed by atoms with Crippen LogP contribution in [0.1, 0.15) is 23.6 Å². The Morgan fingerprint density at radius 3 is 2.78 bits per heavy atom. The summed E-state index contributed by atoms with van der Waals surface area (Å²) >= 11 is 0. The Balaban J connectivity index is 2.22. The van der Waals surface area contributed by atoms with Crippen molar-refractivity contribution in [3.05, 3.63) is 35.1 Å². The minimum Gasteiger partial charge on any atom is -0.314 e. The third kappa shape index (κ3) is 2.87. The number of halogens is 1. The van der Waals surface area contributed by atoms with E-state index in [9.17, 15) is 4.39 Å². The second-order valence-electron chi connectivity index (χ2n) is 4.67. The normalized spacial score (nSPS) is 18.3. The molecule has 1 atom stereocenters. The average molecular weight is 247 g/mol. The lowest BCUT2D eigenvalue weighted by Gasteiger charge is -2.34. The van der Waals surface area contributed by atoms with Crippen LogP contribution in [0.5, 0.6) is 0 Å². The molecule has 1 aromatic carbocycles. The molecule has 1 aromatic rings. The Bertz CT molecular complexity index is 447. The third-order valence-corrected chi connectivity index (χ3v) is 3.44. The number of nitrogens with one attached hydrogen (secondary N) is 1. The van der Waals surface area contributed by atoms with Crippen LogP contribution in [-0.2, 0) is 0 Å². The summed E-state index contributed by atoms with van der Waals surface area (Å²) in [7, 11) is 0. The summed E-state index contributed by atoms with van der Waals surface area (Å²) in [5.41, 5.74) is 1.68. The van der Waals surface area contributed by atoms with Gasteiger partial charge in [0, 0.05) is 32.2 Å². The maximum atomic E-state index is 13.3. The van der Waals surface area contributed by atoms with E-state index in [1.807, 2.05) is 6.07 Å². The molecule has 0 amide bonds. The van der Waals surface area contributed by atoms with Crippen LogP contribution in [0.2, 0.25) is 0 Å². The number of hydrogen-bond donors (Lipinski definition) is 1. The number of nitrogens with zero attached hydrogens (tertiary/aromatic N) is 2. The third-order valence-electron chi connectivity index (χ3n) is 3.44. The molecule has 1 saturated heterocycles. The van der Waals surface area contributed by atoms with E-state index in [1.54, 1.807) is 13.0 Å². The lowest BCUT2D eigenvalue weighted by Crippen LogP contribution is -2.45. The van der Waals surface area contributed by atoms with Crippen LogP contribution in [0.3, 0.4) is 0 Å². The molecule has 1 aliphatic heterocycles. The molecule has 18 heavy (non-hydrogen) atoms. The van der Waals surface area contributed by atoms with Gasteiger partial charge >= 0.3 is 0 Å². The predicted octanol–water partition coefficient (Wildman–Crippen LogP) is 1.99. The lowest BCUT2D eigenvalue weighted by atomic mass is 9.99. The fourth-order valence-electron chi connectivity index (χ4n) is 2.41. The molecular formula is C14H18FN3. The van der Waals surface area contributed by atoms with Crippen LogP contribution in [0.4, 0.5) is 4.39 Å². The number of aryl methyl sites for hydroxylation is 1. The van der Waals surface area contributed by atoms with Crippen molar-refractivity contribution in [2.75, 3.05) is 26.2 Å². The van der Waals surface area contributed by atoms with E-state index in [0.717, 1.165) is 31.7 Å². The van der Waals surface area contributed by atoms with E-state index in [1.165, 1.54) is 6.07 Å². The van der Waals surface area contributed by atoms with Crippen molar-refractivity contribution in [3.63, 3.8) is 0 Å². The SMILES string of the molecule is Cc1cc([C@H](CC#N)N2CCNCC2)ccc1F. The maximum absolute atomic E-state index is 13.3. The van der Waals surface area contributed by atoms with Crippen LogP contribution in [-0.4, -0.2) is 31.1 Å². The first-order valence-electron chi connectivity index (χ1n) is 6.30. The van der Waals surface area contributed by atoms with Crippen LogP contribution in [0.25, 0.3) is 0 Å². The highest BCUT2D eigenvalue weighted by molar-refractivity contribution is 5.27. The van der Waals surface area contributed by atoms with Gasteiger partial charge in [-0.3, -0.25) is 4.90 Å². The zero-order valence-corrected chi connectivity index (χ0v) is 10.6. The summed E-state index contributed by atoms with van der Waals surface area (Å²) in [5, 5.41) is 12.3. The topological polar surface area (TPSA) is 39.1 Å². The van der Waals surface area contributed by atoms with E-state index < -0.39 is 0 Å². The predicted molar refractivity (Wildman–Crippen MR) is 68.6 cm³/mol. The van der Waals surface area contributed by atoms with Crippen LogP contribution >= 0.6 is 0 Å². The Morgan fingerprint density at radius 1 is 1.44 bits per heavy atom. The zero-order chi connectivity index (χ0) is 13.0. The van der Waals surface area contributed by atoms with Gasteiger partial charge in [-0.2, -0.15) is 5.26 Å². The number of hydrogen-bond acceptors (Lipinski definition) is 3. The van der Waals surface area contributed by atoms with E-state index in [2.05, 4.69) is 16.3 Å². The van der Waals surface area contributed by atoms with E-state index in [-0.39, 0.29) is 11.9 Å². The molecule has 96 valence electrons. The molecule has 2 rings (SSSR count). The van der Waals surface area contributed by atoms with Crippen molar-refractivity contribution in [3.8, 4) is 6.07 Å². The summed E-state index contributed by atoms with van der Waals surface area (Å²) < 4.78 is 13.3. The second-order valence-corrected chi connectivity index (χ2v) is 4.67. The van der Waals surface area contributed by atoms with Gasteiger partial charge in [-0.25, -0.2) is 4.39 Å². The van der Waals surface area contributed by atoms with Crippen molar-refractivity contribution in [2.24, 2.45) is 0 Å². The molecule has 0 spiro atoms. The quantitative estimate of drug-likeness (QED) is 0.888. The molecule has 1 aliphatic rings. The molecule has 0 saturated carbocycles.